The number of nitrogens with zero attached hydrogens (tertiary/aromatic N) is 1. The lowest BCUT2D eigenvalue weighted by Crippen LogP contribution is -1.84. The van der Waals surface area contributed by atoms with Crippen LogP contribution in [0.4, 0.5) is 0 Å². The van der Waals surface area contributed by atoms with E-state index in [0.717, 1.165) is 11.3 Å². The van der Waals surface area contributed by atoms with Gasteiger partial charge in [-0.25, -0.2) is 0 Å². The maximum Gasteiger partial charge on any atom is 0.149 e. The quantitative estimate of drug-likeness (QED) is 0.343. The first kappa shape index (κ1) is 5.88. The molecule has 9 heavy (non-hydrogen) atoms. The molecule has 1 aromatic heterocycles. The zero-order chi connectivity index (χ0) is 6.69. The summed E-state index contributed by atoms with van der Waals surface area (Å²) in [6, 6.07) is 1.86. The molecular weight excluding hydrogens is 116 g/mol. The van der Waals surface area contributed by atoms with Crippen LogP contribution >= 0.6 is 0 Å². The molecule has 0 bridgehead atoms. The smallest absolute Gasteiger partial charge is 0.149 e. The largest absolute Gasteiger partial charge is 0.463 e. The highest BCUT2D eigenvalue weighted by atomic mass is 16.3. The van der Waals surface area contributed by atoms with Crippen molar-refractivity contribution in [1.82, 2.24) is 0 Å². The summed E-state index contributed by atoms with van der Waals surface area (Å²) in [6.45, 7) is 1.93. The highest BCUT2D eigenvalue weighted by molar-refractivity contribution is 5.77. The third kappa shape index (κ3) is 1.10. The predicted molar refractivity (Wildman–Crippen MR) is 35.2 cm³/mol. The second-order valence-electron chi connectivity index (χ2n) is 1.75. The number of aryl methyl sites for hydroxylation is 1. The molecule has 1 rings (SSSR count). The molecule has 0 atom stereocenters. The van der Waals surface area contributed by atoms with Gasteiger partial charge in [0, 0.05) is 0 Å². The fourth-order valence-electron chi connectivity index (χ4n) is 0.584. The second kappa shape index (κ2) is 2.35. The molecule has 1 heterocycles. The Kier molecular flexibility index (Phi) is 1.53. The van der Waals surface area contributed by atoms with Crippen LogP contribution in [0.1, 0.15) is 11.3 Å². The van der Waals surface area contributed by atoms with Crippen molar-refractivity contribution in [2.45, 2.75) is 6.92 Å². The topological polar surface area (TPSA) is 51.5 Å². The molecule has 2 N–H and O–H groups in total. The average molecular weight is 124 g/mol. The third-order valence-corrected chi connectivity index (χ3v) is 1.09. The minimum Gasteiger partial charge on any atom is -0.463 e. The number of nitrogens with two attached hydrogens (primary N) is 1. The van der Waals surface area contributed by atoms with E-state index in [4.69, 9.17) is 10.3 Å². The maximum absolute atomic E-state index is 4.98. The molecule has 0 spiro atoms. The lowest BCUT2D eigenvalue weighted by molar-refractivity contribution is 0.558. The van der Waals surface area contributed by atoms with Crippen molar-refractivity contribution in [2.24, 2.45) is 10.9 Å². The molecule has 0 saturated heterocycles. The van der Waals surface area contributed by atoms with Crippen molar-refractivity contribution < 1.29 is 4.42 Å². The molecule has 1 aromatic rings. The summed E-state index contributed by atoms with van der Waals surface area (Å²) >= 11 is 0. The van der Waals surface area contributed by atoms with Gasteiger partial charge in [0.05, 0.1) is 12.5 Å². The van der Waals surface area contributed by atoms with Gasteiger partial charge in [-0.3, -0.25) is 0 Å². The van der Waals surface area contributed by atoms with E-state index >= 15 is 0 Å². The molecule has 0 saturated carbocycles. The van der Waals surface area contributed by atoms with Gasteiger partial charge in [0.1, 0.15) is 5.76 Å². The Bertz CT molecular complexity index is 215. The Hall–Kier alpha value is -1.25. The molecule has 0 unspecified atom stereocenters. The van der Waals surface area contributed by atoms with E-state index in [9.17, 15) is 0 Å². The molecule has 0 aromatic carbocycles. The maximum atomic E-state index is 4.98. The van der Waals surface area contributed by atoms with Crippen molar-refractivity contribution in [3.8, 4) is 0 Å². The van der Waals surface area contributed by atoms with Crippen LogP contribution in [0.2, 0.25) is 0 Å². The van der Waals surface area contributed by atoms with Crippen LogP contribution in [-0.4, -0.2) is 6.21 Å². The van der Waals surface area contributed by atoms with E-state index in [0.29, 0.717) is 0 Å². The molecule has 3 heteroatoms. The molecule has 48 valence electrons. The first-order valence-electron chi connectivity index (χ1n) is 2.62. The van der Waals surface area contributed by atoms with Crippen molar-refractivity contribution in [3.05, 3.63) is 23.7 Å². The van der Waals surface area contributed by atoms with Crippen LogP contribution in [0.3, 0.4) is 0 Å². The van der Waals surface area contributed by atoms with E-state index in [2.05, 4.69) is 5.10 Å². The van der Waals surface area contributed by atoms with E-state index < -0.39 is 0 Å². The lowest BCUT2D eigenvalue weighted by atomic mass is 10.3. The highest BCUT2D eigenvalue weighted by Gasteiger charge is 1.94. The van der Waals surface area contributed by atoms with Gasteiger partial charge in [0.25, 0.3) is 0 Å². The monoisotopic (exact) mass is 124 g/mol. The standard InChI is InChI=1S/C6H8N2O/c1-5-2-3-9-6(5)4-8-7/h2-4H,7H2,1H3/b8-4+. The van der Waals surface area contributed by atoms with Gasteiger partial charge in [-0.1, -0.05) is 0 Å². The van der Waals surface area contributed by atoms with Gasteiger partial charge in [-0.15, -0.1) is 0 Å². The Morgan fingerprint density at radius 2 is 2.56 bits per heavy atom. The SMILES string of the molecule is Cc1ccoc1/C=N/N. The number of hydrazone groups is 1. The molecule has 0 radical (unpaired) electrons. The summed E-state index contributed by atoms with van der Waals surface area (Å²) in [5.41, 5.74) is 1.05. The zero-order valence-corrected chi connectivity index (χ0v) is 5.16. The third-order valence-electron chi connectivity index (χ3n) is 1.09. The molecule has 0 aliphatic heterocycles. The molecule has 0 amide bonds. The van der Waals surface area contributed by atoms with Crippen LogP contribution < -0.4 is 5.84 Å². The van der Waals surface area contributed by atoms with Crippen LogP contribution in [0.5, 0.6) is 0 Å². The molecular formula is C6H8N2O. The van der Waals surface area contributed by atoms with E-state index in [1.165, 1.54) is 6.21 Å². The summed E-state index contributed by atoms with van der Waals surface area (Å²) in [4.78, 5) is 0. The minimum atomic E-state index is 0.720. The minimum absolute atomic E-state index is 0.720. The number of rotatable bonds is 1. The second-order valence-corrected chi connectivity index (χ2v) is 1.75. The summed E-state index contributed by atoms with van der Waals surface area (Å²) < 4.78 is 4.98. The molecule has 0 aliphatic rings. The Morgan fingerprint density at radius 1 is 1.78 bits per heavy atom. The lowest BCUT2D eigenvalue weighted by Gasteiger charge is -1.82. The fourth-order valence-corrected chi connectivity index (χ4v) is 0.584. The van der Waals surface area contributed by atoms with Gasteiger partial charge >= 0.3 is 0 Å². The number of hydrogen-bond acceptors (Lipinski definition) is 3. The number of hydrogen-bond donors (Lipinski definition) is 1. The van der Waals surface area contributed by atoms with Crippen LogP contribution in [0.15, 0.2) is 21.8 Å². The Morgan fingerprint density at radius 3 is 3.00 bits per heavy atom. The fraction of sp³-hybridized carbons (Fsp3) is 0.167. The summed E-state index contributed by atoms with van der Waals surface area (Å²) in [5.74, 6) is 5.62. The summed E-state index contributed by atoms with van der Waals surface area (Å²) in [7, 11) is 0. The van der Waals surface area contributed by atoms with E-state index in [1.54, 1.807) is 6.26 Å². The van der Waals surface area contributed by atoms with Crippen LogP contribution in [0, 0.1) is 6.92 Å². The van der Waals surface area contributed by atoms with E-state index in [1.807, 2.05) is 13.0 Å². The van der Waals surface area contributed by atoms with Gasteiger partial charge < -0.3 is 10.3 Å². The Labute approximate surface area is 53.2 Å². The summed E-state index contributed by atoms with van der Waals surface area (Å²) in [6.07, 6.45) is 3.08. The van der Waals surface area contributed by atoms with E-state index in [-0.39, 0.29) is 0 Å². The van der Waals surface area contributed by atoms with Gasteiger partial charge in [0.2, 0.25) is 0 Å². The van der Waals surface area contributed by atoms with Crippen molar-refractivity contribution >= 4 is 6.21 Å². The van der Waals surface area contributed by atoms with Crippen molar-refractivity contribution in [1.29, 1.82) is 0 Å². The Balaban J connectivity index is 2.94. The average Bonchev–Trinajstić information content (AvgIpc) is 2.18. The molecule has 3 nitrogen and oxygen atoms in total. The first-order valence-corrected chi connectivity index (χ1v) is 2.62. The number of furan rings is 1. The zero-order valence-electron chi connectivity index (χ0n) is 5.16. The summed E-state index contributed by atoms with van der Waals surface area (Å²) in [5, 5.41) is 3.32. The van der Waals surface area contributed by atoms with Gasteiger partial charge in [-0.2, -0.15) is 5.10 Å². The van der Waals surface area contributed by atoms with Crippen LogP contribution in [0.25, 0.3) is 0 Å². The van der Waals surface area contributed by atoms with Gasteiger partial charge in [0.15, 0.2) is 0 Å². The normalized spacial score (nSPS) is 10.8. The van der Waals surface area contributed by atoms with Crippen molar-refractivity contribution in [2.75, 3.05) is 0 Å². The van der Waals surface area contributed by atoms with Crippen molar-refractivity contribution in [3.63, 3.8) is 0 Å². The van der Waals surface area contributed by atoms with Crippen LogP contribution in [-0.2, 0) is 0 Å². The first-order chi connectivity index (χ1) is 4.34. The highest BCUT2D eigenvalue weighted by Crippen LogP contribution is 2.04. The molecule has 0 fully saturated rings. The predicted octanol–water partition coefficient (Wildman–Crippen LogP) is 0.881. The van der Waals surface area contributed by atoms with Gasteiger partial charge in [-0.05, 0) is 18.6 Å². The molecule has 0 aliphatic carbocycles.